The first kappa shape index (κ1) is 14.1. The van der Waals surface area contributed by atoms with E-state index in [9.17, 15) is 0 Å². The van der Waals surface area contributed by atoms with Crippen LogP contribution in [0.1, 0.15) is 32.9 Å². The molecule has 0 saturated carbocycles. The van der Waals surface area contributed by atoms with Crippen LogP contribution in [0.4, 0.5) is 5.69 Å². The van der Waals surface area contributed by atoms with E-state index in [4.69, 9.17) is 0 Å². The minimum atomic E-state index is 0.679. The molecule has 3 nitrogen and oxygen atoms in total. The Kier molecular flexibility index (Phi) is 4.97. The Morgan fingerprint density at radius 2 is 2.26 bits per heavy atom. The molecule has 1 aromatic heterocycles. The van der Waals surface area contributed by atoms with Gasteiger partial charge in [-0.2, -0.15) is 0 Å². The van der Waals surface area contributed by atoms with Gasteiger partial charge in [0, 0.05) is 31.5 Å². The van der Waals surface area contributed by atoms with Crippen LogP contribution >= 0.6 is 0 Å². The van der Waals surface area contributed by atoms with Crippen LogP contribution in [-0.4, -0.2) is 24.6 Å². The van der Waals surface area contributed by atoms with Crippen LogP contribution in [0.5, 0.6) is 0 Å². The summed E-state index contributed by atoms with van der Waals surface area (Å²) in [5.74, 6) is 0.679. The number of hydrogen-bond donors (Lipinski definition) is 1. The highest BCUT2D eigenvalue weighted by atomic mass is 15.1. The second-order valence-electron chi connectivity index (χ2n) is 5.79. The predicted octanol–water partition coefficient (Wildman–Crippen LogP) is 2.98. The van der Waals surface area contributed by atoms with E-state index < -0.39 is 0 Å². The minimum absolute atomic E-state index is 0.679. The van der Waals surface area contributed by atoms with Crippen LogP contribution in [0.3, 0.4) is 0 Å². The summed E-state index contributed by atoms with van der Waals surface area (Å²) in [4.78, 5) is 6.88. The fraction of sp³-hybridized carbons (Fsp3) is 0.562. The SMILES string of the molecule is CC1=CCCN(c2ccnc(CNCC(C)C)c2)C1. The number of hydrogen-bond acceptors (Lipinski definition) is 3. The molecule has 0 radical (unpaired) electrons. The first-order valence-corrected chi connectivity index (χ1v) is 7.21. The third-order valence-corrected chi connectivity index (χ3v) is 3.36. The molecule has 1 aliphatic rings. The first-order chi connectivity index (χ1) is 9.15. The van der Waals surface area contributed by atoms with E-state index in [1.807, 2.05) is 6.20 Å². The fourth-order valence-corrected chi connectivity index (χ4v) is 2.38. The number of nitrogens with zero attached hydrogens (tertiary/aromatic N) is 2. The van der Waals surface area contributed by atoms with E-state index in [2.05, 4.69) is 54.2 Å². The Labute approximate surface area is 116 Å². The highest BCUT2D eigenvalue weighted by Gasteiger charge is 2.11. The summed E-state index contributed by atoms with van der Waals surface area (Å²) in [5.41, 5.74) is 3.89. The van der Waals surface area contributed by atoms with Gasteiger partial charge >= 0.3 is 0 Å². The van der Waals surface area contributed by atoms with Gasteiger partial charge in [-0.25, -0.2) is 0 Å². The van der Waals surface area contributed by atoms with Crippen molar-refractivity contribution in [1.29, 1.82) is 0 Å². The molecule has 1 aliphatic heterocycles. The number of aromatic nitrogens is 1. The van der Waals surface area contributed by atoms with Crippen LogP contribution in [-0.2, 0) is 6.54 Å². The smallest absolute Gasteiger partial charge is 0.0562 e. The van der Waals surface area contributed by atoms with E-state index in [0.717, 1.165) is 38.3 Å². The molecule has 104 valence electrons. The Balaban J connectivity index is 1.97. The van der Waals surface area contributed by atoms with Gasteiger partial charge in [-0.3, -0.25) is 4.98 Å². The summed E-state index contributed by atoms with van der Waals surface area (Å²) < 4.78 is 0. The van der Waals surface area contributed by atoms with Crippen LogP contribution in [0.25, 0.3) is 0 Å². The van der Waals surface area contributed by atoms with E-state index in [-0.39, 0.29) is 0 Å². The molecule has 0 unspecified atom stereocenters. The van der Waals surface area contributed by atoms with Gasteiger partial charge in [0.05, 0.1) is 5.69 Å². The third kappa shape index (κ3) is 4.35. The van der Waals surface area contributed by atoms with Gasteiger partial charge in [-0.1, -0.05) is 25.5 Å². The summed E-state index contributed by atoms with van der Waals surface area (Å²) in [6, 6.07) is 4.33. The monoisotopic (exact) mass is 259 g/mol. The maximum atomic E-state index is 4.45. The number of rotatable bonds is 5. The van der Waals surface area contributed by atoms with Crippen molar-refractivity contribution in [3.05, 3.63) is 35.7 Å². The normalized spacial score (nSPS) is 15.8. The maximum Gasteiger partial charge on any atom is 0.0562 e. The fourth-order valence-electron chi connectivity index (χ4n) is 2.38. The quantitative estimate of drug-likeness (QED) is 0.824. The van der Waals surface area contributed by atoms with Crippen molar-refractivity contribution >= 4 is 5.69 Å². The molecule has 0 atom stereocenters. The maximum absolute atomic E-state index is 4.45. The van der Waals surface area contributed by atoms with Gasteiger partial charge in [0.25, 0.3) is 0 Å². The van der Waals surface area contributed by atoms with Gasteiger partial charge in [0.15, 0.2) is 0 Å². The Bertz CT molecular complexity index is 437. The van der Waals surface area contributed by atoms with Crippen LogP contribution < -0.4 is 10.2 Å². The molecule has 0 bridgehead atoms. The molecule has 0 spiro atoms. The van der Waals surface area contributed by atoms with Gasteiger partial charge < -0.3 is 10.2 Å². The van der Waals surface area contributed by atoms with Gasteiger partial charge in [-0.15, -0.1) is 0 Å². The summed E-state index contributed by atoms with van der Waals surface area (Å²) in [6.45, 7) is 10.7. The van der Waals surface area contributed by atoms with Crippen molar-refractivity contribution in [1.82, 2.24) is 10.3 Å². The molecule has 0 aliphatic carbocycles. The second-order valence-corrected chi connectivity index (χ2v) is 5.79. The van der Waals surface area contributed by atoms with E-state index in [1.54, 1.807) is 0 Å². The molecule has 1 aromatic rings. The minimum Gasteiger partial charge on any atom is -0.367 e. The molecule has 1 N–H and O–H groups in total. The van der Waals surface area contributed by atoms with E-state index >= 15 is 0 Å². The molecule has 2 heterocycles. The number of nitrogens with one attached hydrogen (secondary N) is 1. The summed E-state index contributed by atoms with van der Waals surface area (Å²) in [5, 5.41) is 3.45. The van der Waals surface area contributed by atoms with Gasteiger partial charge in [-0.05, 0) is 37.9 Å². The zero-order valence-electron chi connectivity index (χ0n) is 12.3. The summed E-state index contributed by atoms with van der Waals surface area (Å²) >= 11 is 0. The zero-order valence-corrected chi connectivity index (χ0v) is 12.3. The van der Waals surface area contributed by atoms with Crippen molar-refractivity contribution in [2.45, 2.75) is 33.7 Å². The highest BCUT2D eigenvalue weighted by Crippen LogP contribution is 2.19. The van der Waals surface area contributed by atoms with Crippen molar-refractivity contribution in [3.63, 3.8) is 0 Å². The Hall–Kier alpha value is -1.35. The van der Waals surface area contributed by atoms with Crippen LogP contribution in [0.2, 0.25) is 0 Å². The molecule has 0 amide bonds. The number of anilines is 1. The van der Waals surface area contributed by atoms with Crippen molar-refractivity contribution in [2.75, 3.05) is 24.5 Å². The molecular weight excluding hydrogens is 234 g/mol. The lowest BCUT2D eigenvalue weighted by Gasteiger charge is -2.28. The molecule has 0 aromatic carbocycles. The average Bonchev–Trinajstić information content (AvgIpc) is 2.39. The summed E-state index contributed by atoms with van der Waals surface area (Å²) in [6.07, 6.45) is 5.41. The average molecular weight is 259 g/mol. The van der Waals surface area contributed by atoms with Gasteiger partial charge in [0.1, 0.15) is 0 Å². The lowest BCUT2D eigenvalue weighted by Crippen LogP contribution is -2.29. The Morgan fingerprint density at radius 1 is 1.42 bits per heavy atom. The van der Waals surface area contributed by atoms with Crippen LogP contribution in [0.15, 0.2) is 30.0 Å². The molecule has 0 saturated heterocycles. The standard InChI is InChI=1S/C16H25N3/c1-13(2)10-17-11-15-9-16(6-7-18-15)19-8-4-5-14(3)12-19/h5-7,9,13,17H,4,8,10-12H2,1-3H3. The topological polar surface area (TPSA) is 28.2 Å². The second kappa shape index (κ2) is 6.71. The van der Waals surface area contributed by atoms with E-state index in [0.29, 0.717) is 5.92 Å². The van der Waals surface area contributed by atoms with Crippen molar-refractivity contribution in [2.24, 2.45) is 5.92 Å². The highest BCUT2D eigenvalue weighted by molar-refractivity contribution is 5.48. The molecule has 2 rings (SSSR count). The van der Waals surface area contributed by atoms with Crippen molar-refractivity contribution in [3.8, 4) is 0 Å². The van der Waals surface area contributed by atoms with E-state index in [1.165, 1.54) is 11.3 Å². The van der Waals surface area contributed by atoms with Crippen molar-refractivity contribution < 1.29 is 0 Å². The first-order valence-electron chi connectivity index (χ1n) is 7.21. The number of pyridine rings is 1. The summed E-state index contributed by atoms with van der Waals surface area (Å²) in [7, 11) is 0. The lowest BCUT2D eigenvalue weighted by molar-refractivity contribution is 0.548. The largest absolute Gasteiger partial charge is 0.367 e. The molecule has 0 fully saturated rings. The molecule has 3 heteroatoms. The molecule has 19 heavy (non-hydrogen) atoms. The third-order valence-electron chi connectivity index (χ3n) is 3.36. The zero-order chi connectivity index (χ0) is 13.7. The van der Waals surface area contributed by atoms with Crippen LogP contribution in [0, 0.1) is 5.92 Å². The lowest BCUT2D eigenvalue weighted by atomic mass is 10.1. The Morgan fingerprint density at radius 3 is 3.00 bits per heavy atom. The van der Waals surface area contributed by atoms with Gasteiger partial charge in [0.2, 0.25) is 0 Å². The predicted molar refractivity (Wildman–Crippen MR) is 81.4 cm³/mol. The molecular formula is C16H25N3.